The third kappa shape index (κ3) is 4.83. The highest BCUT2D eigenvalue weighted by Crippen LogP contribution is 2.22. The average Bonchev–Trinajstić information content (AvgIpc) is 2.68. The molecule has 1 aromatic rings. The molecule has 9 heteroatoms. The Bertz CT molecular complexity index is 759. The van der Waals surface area contributed by atoms with Crippen molar-refractivity contribution in [3.05, 3.63) is 29.8 Å². The Balaban J connectivity index is 1.69. The van der Waals surface area contributed by atoms with Gasteiger partial charge < -0.3 is 4.90 Å². The molecule has 0 bridgehead atoms. The number of piperazine rings is 1. The number of sulfonamides is 1. The lowest BCUT2D eigenvalue weighted by molar-refractivity contribution is 0.0459. The Morgan fingerprint density at radius 3 is 2.30 bits per heavy atom. The number of amides is 1. The van der Waals surface area contributed by atoms with Crippen LogP contribution in [0, 0.1) is 0 Å². The Labute approximate surface area is 158 Å². The van der Waals surface area contributed by atoms with E-state index in [-0.39, 0.29) is 17.3 Å². The van der Waals surface area contributed by atoms with Crippen molar-refractivity contribution < 1.29 is 22.0 Å². The number of carbonyl (C=O) groups excluding carboxylic acids is 1. The lowest BCUT2D eigenvalue weighted by Gasteiger charge is -2.34. The fourth-order valence-electron chi connectivity index (χ4n) is 3.56. The minimum atomic E-state index is -3.60. The molecule has 2 heterocycles. The highest BCUT2D eigenvalue weighted by molar-refractivity contribution is 7.89. The largest absolute Gasteiger partial charge is 0.336 e. The zero-order chi connectivity index (χ0) is 19.4. The van der Waals surface area contributed by atoms with Crippen molar-refractivity contribution in [1.29, 1.82) is 0 Å². The SMILES string of the molecule is O=C(c1cccc(S(=O)(=O)N2CCCCC2)c1)N1CCN(CC(F)F)CC1. The van der Waals surface area contributed by atoms with E-state index in [4.69, 9.17) is 0 Å². The Morgan fingerprint density at radius 1 is 1.00 bits per heavy atom. The van der Waals surface area contributed by atoms with Crippen LogP contribution in [-0.2, 0) is 10.0 Å². The summed E-state index contributed by atoms with van der Waals surface area (Å²) in [5.41, 5.74) is 0.315. The van der Waals surface area contributed by atoms with E-state index < -0.39 is 16.4 Å². The number of alkyl halides is 2. The quantitative estimate of drug-likeness (QED) is 0.756. The van der Waals surface area contributed by atoms with Crippen LogP contribution in [0.2, 0.25) is 0 Å². The predicted octanol–water partition coefficient (Wildman–Crippen LogP) is 1.88. The molecule has 1 amide bonds. The van der Waals surface area contributed by atoms with Gasteiger partial charge in [0.25, 0.3) is 12.3 Å². The standard InChI is InChI=1S/C18H25F2N3O3S/c19-17(20)14-21-9-11-22(12-10-21)18(24)15-5-4-6-16(13-15)27(25,26)23-7-2-1-3-8-23/h4-6,13,17H,1-3,7-12,14H2. The molecule has 0 N–H and O–H groups in total. The molecule has 0 radical (unpaired) electrons. The number of rotatable bonds is 5. The smallest absolute Gasteiger partial charge is 0.253 e. The van der Waals surface area contributed by atoms with Crippen molar-refractivity contribution in [2.24, 2.45) is 0 Å². The molecule has 3 rings (SSSR count). The van der Waals surface area contributed by atoms with Gasteiger partial charge in [-0.25, -0.2) is 17.2 Å². The van der Waals surface area contributed by atoms with E-state index in [0.29, 0.717) is 44.8 Å². The monoisotopic (exact) mass is 401 g/mol. The Hall–Kier alpha value is -1.58. The summed E-state index contributed by atoms with van der Waals surface area (Å²) in [5.74, 6) is -0.262. The van der Waals surface area contributed by atoms with Gasteiger partial charge in [0.05, 0.1) is 11.4 Å². The predicted molar refractivity (Wildman–Crippen MR) is 97.4 cm³/mol. The molecule has 0 spiro atoms. The summed E-state index contributed by atoms with van der Waals surface area (Å²) in [6.45, 7) is 2.22. The van der Waals surface area contributed by atoms with Crippen molar-refractivity contribution >= 4 is 15.9 Å². The zero-order valence-corrected chi connectivity index (χ0v) is 16.0. The molecule has 1 aromatic carbocycles. The molecule has 0 unspecified atom stereocenters. The first-order chi connectivity index (χ1) is 12.9. The number of hydrogen-bond donors (Lipinski definition) is 0. The van der Waals surface area contributed by atoms with Crippen LogP contribution in [0.15, 0.2) is 29.2 Å². The second-order valence-electron chi connectivity index (χ2n) is 6.98. The van der Waals surface area contributed by atoms with Crippen LogP contribution in [0.1, 0.15) is 29.6 Å². The summed E-state index contributed by atoms with van der Waals surface area (Å²) >= 11 is 0. The maximum atomic E-state index is 12.8. The van der Waals surface area contributed by atoms with Gasteiger partial charge in [0, 0.05) is 44.8 Å². The number of hydrogen-bond acceptors (Lipinski definition) is 4. The zero-order valence-electron chi connectivity index (χ0n) is 15.2. The second kappa shape index (κ2) is 8.62. The lowest BCUT2D eigenvalue weighted by Crippen LogP contribution is -2.49. The van der Waals surface area contributed by atoms with Crippen LogP contribution < -0.4 is 0 Å². The van der Waals surface area contributed by atoms with Crippen molar-refractivity contribution in [3.8, 4) is 0 Å². The van der Waals surface area contributed by atoms with Crippen LogP contribution in [-0.4, -0.2) is 80.7 Å². The first-order valence-electron chi connectivity index (χ1n) is 9.28. The molecule has 2 aliphatic rings. The molecular formula is C18H25F2N3O3S. The van der Waals surface area contributed by atoms with Crippen LogP contribution in [0.5, 0.6) is 0 Å². The van der Waals surface area contributed by atoms with Gasteiger partial charge in [0.15, 0.2) is 0 Å². The summed E-state index contributed by atoms with van der Waals surface area (Å²) in [7, 11) is -3.60. The van der Waals surface area contributed by atoms with Crippen molar-refractivity contribution in [3.63, 3.8) is 0 Å². The molecule has 0 aliphatic carbocycles. The van der Waals surface area contributed by atoms with Gasteiger partial charge in [0.2, 0.25) is 10.0 Å². The maximum absolute atomic E-state index is 12.8. The number of nitrogens with zero attached hydrogens (tertiary/aromatic N) is 3. The molecule has 6 nitrogen and oxygen atoms in total. The molecule has 150 valence electrons. The number of halogens is 2. The summed E-state index contributed by atoms with van der Waals surface area (Å²) in [4.78, 5) is 16.1. The third-order valence-corrected chi connectivity index (χ3v) is 6.98. The Morgan fingerprint density at radius 2 is 1.67 bits per heavy atom. The molecule has 0 saturated carbocycles. The summed E-state index contributed by atoms with van der Waals surface area (Å²) in [6.07, 6.45) is 0.341. The van der Waals surface area contributed by atoms with E-state index in [1.807, 2.05) is 0 Å². The number of carbonyl (C=O) groups is 1. The highest BCUT2D eigenvalue weighted by Gasteiger charge is 2.28. The van der Waals surface area contributed by atoms with E-state index in [0.717, 1.165) is 19.3 Å². The van der Waals surface area contributed by atoms with E-state index in [2.05, 4.69) is 0 Å². The van der Waals surface area contributed by atoms with Crippen LogP contribution in [0.25, 0.3) is 0 Å². The van der Waals surface area contributed by atoms with Crippen molar-refractivity contribution in [1.82, 2.24) is 14.1 Å². The molecule has 27 heavy (non-hydrogen) atoms. The van der Waals surface area contributed by atoms with E-state index in [9.17, 15) is 22.0 Å². The first kappa shape index (κ1) is 20.2. The molecular weight excluding hydrogens is 376 g/mol. The summed E-state index contributed by atoms with van der Waals surface area (Å²) in [5, 5.41) is 0. The molecule has 0 aromatic heterocycles. The first-order valence-corrected chi connectivity index (χ1v) is 10.7. The molecule has 2 saturated heterocycles. The molecule has 2 fully saturated rings. The normalized spacial score (nSPS) is 20.2. The molecule has 2 aliphatic heterocycles. The van der Waals surface area contributed by atoms with Crippen LogP contribution in [0.4, 0.5) is 8.78 Å². The Kier molecular flexibility index (Phi) is 6.44. The van der Waals surface area contributed by atoms with Crippen LogP contribution >= 0.6 is 0 Å². The maximum Gasteiger partial charge on any atom is 0.253 e. The van der Waals surface area contributed by atoms with Crippen LogP contribution in [0.3, 0.4) is 0 Å². The van der Waals surface area contributed by atoms with Gasteiger partial charge in [-0.05, 0) is 31.0 Å². The van der Waals surface area contributed by atoms with Crippen molar-refractivity contribution in [2.45, 2.75) is 30.6 Å². The third-order valence-electron chi connectivity index (χ3n) is 5.09. The van der Waals surface area contributed by atoms with E-state index in [1.165, 1.54) is 16.4 Å². The summed E-state index contributed by atoms with van der Waals surface area (Å²) in [6, 6.07) is 6.12. The van der Waals surface area contributed by atoms with Gasteiger partial charge in [-0.1, -0.05) is 12.5 Å². The fraction of sp³-hybridized carbons (Fsp3) is 0.611. The van der Waals surface area contributed by atoms with Gasteiger partial charge in [0.1, 0.15) is 0 Å². The minimum absolute atomic E-state index is 0.131. The van der Waals surface area contributed by atoms with E-state index >= 15 is 0 Å². The van der Waals surface area contributed by atoms with Gasteiger partial charge in [-0.15, -0.1) is 0 Å². The summed E-state index contributed by atoms with van der Waals surface area (Å²) < 4.78 is 52.0. The molecule has 0 atom stereocenters. The second-order valence-corrected chi connectivity index (χ2v) is 8.91. The van der Waals surface area contributed by atoms with Gasteiger partial charge in [-0.3, -0.25) is 9.69 Å². The lowest BCUT2D eigenvalue weighted by atomic mass is 10.2. The average molecular weight is 401 g/mol. The number of piperidine rings is 1. The van der Waals surface area contributed by atoms with E-state index in [1.54, 1.807) is 21.9 Å². The topological polar surface area (TPSA) is 60.9 Å². The van der Waals surface area contributed by atoms with Gasteiger partial charge in [-0.2, -0.15) is 4.31 Å². The van der Waals surface area contributed by atoms with Crippen molar-refractivity contribution in [2.75, 3.05) is 45.8 Å². The number of benzene rings is 1. The highest BCUT2D eigenvalue weighted by atomic mass is 32.2. The minimum Gasteiger partial charge on any atom is -0.336 e. The fourth-order valence-corrected chi connectivity index (χ4v) is 5.12. The van der Waals surface area contributed by atoms with Gasteiger partial charge >= 0.3 is 0 Å².